The number of ether oxygens (including phenoxy) is 1. The summed E-state index contributed by atoms with van der Waals surface area (Å²) in [4.78, 5) is 29.1. The fourth-order valence-corrected chi connectivity index (χ4v) is 5.08. The summed E-state index contributed by atoms with van der Waals surface area (Å²) in [6.45, 7) is 3.43. The van der Waals surface area contributed by atoms with Crippen LogP contribution in [-0.2, 0) is 19.6 Å². The minimum Gasteiger partial charge on any atom is -0.457 e. The monoisotopic (exact) mass is 465 g/mol. The molecule has 0 saturated carbocycles. The highest BCUT2D eigenvalue weighted by atomic mass is 32.2. The quantitative estimate of drug-likeness (QED) is 0.427. The number of esters is 1. The third-order valence-electron chi connectivity index (χ3n) is 5.36. The molecular weight excluding hydrogens is 442 g/mol. The van der Waals surface area contributed by atoms with Crippen LogP contribution in [0, 0.1) is 13.8 Å². The van der Waals surface area contributed by atoms with Gasteiger partial charge in [-0.1, -0.05) is 30.3 Å². The Bertz CT molecular complexity index is 1360. The van der Waals surface area contributed by atoms with Gasteiger partial charge in [-0.25, -0.2) is 8.42 Å². The molecule has 0 atom stereocenters. The molecule has 8 nitrogen and oxygen atoms in total. The fourth-order valence-electron chi connectivity index (χ4n) is 3.83. The van der Waals surface area contributed by atoms with Gasteiger partial charge >= 0.3 is 5.97 Å². The molecule has 0 radical (unpaired) electrons. The summed E-state index contributed by atoms with van der Waals surface area (Å²) in [5, 5.41) is 0. The molecule has 4 rings (SSSR count). The number of nitrogens with one attached hydrogen (secondary N) is 1. The van der Waals surface area contributed by atoms with Gasteiger partial charge in [-0.05, 0) is 44.2 Å². The third kappa shape index (κ3) is 4.58. The van der Waals surface area contributed by atoms with E-state index in [4.69, 9.17) is 4.74 Å². The lowest BCUT2D eigenvalue weighted by Gasteiger charge is -2.09. The number of amidine groups is 1. The van der Waals surface area contributed by atoms with Gasteiger partial charge in [-0.2, -0.15) is 0 Å². The molecule has 2 heterocycles. The third-order valence-corrected chi connectivity index (χ3v) is 6.76. The first-order valence-electron chi connectivity index (χ1n) is 10.4. The average molecular weight is 466 g/mol. The number of fused-ring (bicyclic) bond motifs is 1. The second kappa shape index (κ2) is 9.03. The van der Waals surface area contributed by atoms with E-state index in [1.807, 2.05) is 48.7 Å². The molecule has 0 saturated heterocycles. The number of aryl methyl sites for hydroxylation is 1. The van der Waals surface area contributed by atoms with Crippen LogP contribution in [0.4, 0.5) is 0 Å². The second-order valence-electron chi connectivity index (χ2n) is 7.62. The molecule has 170 valence electrons. The Morgan fingerprint density at radius 1 is 1.03 bits per heavy atom. The minimum atomic E-state index is -3.63. The molecule has 0 bridgehead atoms. The highest BCUT2D eigenvalue weighted by molar-refractivity contribution is 7.90. The number of para-hydroxylation sites is 1. The van der Waals surface area contributed by atoms with Gasteiger partial charge in [0.15, 0.2) is 6.61 Å². The Labute approximate surface area is 192 Å². The van der Waals surface area contributed by atoms with Crippen LogP contribution in [0.1, 0.15) is 33.7 Å². The number of hydrogen-bond donors (Lipinski definition) is 1. The van der Waals surface area contributed by atoms with Crippen LogP contribution in [0.3, 0.4) is 0 Å². The van der Waals surface area contributed by atoms with Gasteiger partial charge in [0, 0.05) is 28.2 Å². The second-order valence-corrected chi connectivity index (χ2v) is 9.27. The SMILES string of the molecule is Cc1cc(C(=O)COC(=O)CCN=C2NS(=O)(=O)c3ccccc32)c(C)n1-c1ccccc1. The topological polar surface area (TPSA) is 107 Å². The molecule has 3 aromatic rings. The largest absolute Gasteiger partial charge is 0.457 e. The lowest BCUT2D eigenvalue weighted by molar-refractivity contribution is -0.142. The predicted octanol–water partition coefficient (Wildman–Crippen LogP) is 2.95. The number of rotatable bonds is 7. The van der Waals surface area contributed by atoms with Gasteiger partial charge in [0.1, 0.15) is 5.84 Å². The molecule has 0 aliphatic carbocycles. The zero-order valence-electron chi connectivity index (χ0n) is 18.2. The number of ketones is 1. The number of aliphatic imine (C=N–C) groups is 1. The molecular formula is C24H23N3O5S. The molecule has 9 heteroatoms. The van der Waals surface area contributed by atoms with Crippen molar-refractivity contribution in [3.63, 3.8) is 0 Å². The summed E-state index contributed by atoms with van der Waals surface area (Å²) >= 11 is 0. The number of nitrogens with zero attached hydrogens (tertiary/aromatic N) is 2. The average Bonchev–Trinajstić information content (AvgIpc) is 3.25. The fraction of sp³-hybridized carbons (Fsp3) is 0.208. The van der Waals surface area contributed by atoms with E-state index in [0.717, 1.165) is 17.1 Å². The van der Waals surface area contributed by atoms with Crippen molar-refractivity contribution in [2.75, 3.05) is 13.2 Å². The summed E-state index contributed by atoms with van der Waals surface area (Å²) in [5.41, 5.74) is 3.60. The number of carbonyl (C=O) groups excluding carboxylic acids is 2. The first-order valence-corrected chi connectivity index (χ1v) is 11.9. The Kier molecular flexibility index (Phi) is 6.15. The van der Waals surface area contributed by atoms with E-state index in [1.165, 1.54) is 6.07 Å². The number of Topliss-reactive ketones (excluding diaryl/α,β-unsaturated/α-hetero) is 1. The smallest absolute Gasteiger partial charge is 0.308 e. The van der Waals surface area contributed by atoms with E-state index in [-0.39, 0.29) is 36.1 Å². The van der Waals surface area contributed by atoms with Crippen LogP contribution in [-0.4, -0.2) is 43.7 Å². The highest BCUT2D eigenvalue weighted by Gasteiger charge is 2.30. The normalized spacial score (nSPS) is 15.2. The van der Waals surface area contributed by atoms with Crippen molar-refractivity contribution < 1.29 is 22.7 Å². The maximum Gasteiger partial charge on any atom is 0.308 e. The lowest BCUT2D eigenvalue weighted by atomic mass is 10.1. The Morgan fingerprint density at radius 3 is 2.48 bits per heavy atom. The van der Waals surface area contributed by atoms with Gasteiger partial charge in [0.25, 0.3) is 10.0 Å². The van der Waals surface area contributed by atoms with Gasteiger partial charge in [-0.15, -0.1) is 0 Å². The van der Waals surface area contributed by atoms with Crippen LogP contribution < -0.4 is 4.72 Å². The molecule has 1 aromatic heterocycles. The zero-order valence-corrected chi connectivity index (χ0v) is 19.1. The van der Waals surface area contributed by atoms with Gasteiger partial charge in [0.05, 0.1) is 17.9 Å². The van der Waals surface area contributed by atoms with Crippen molar-refractivity contribution in [1.29, 1.82) is 0 Å². The molecule has 0 unspecified atom stereocenters. The van der Waals surface area contributed by atoms with Crippen molar-refractivity contribution in [2.45, 2.75) is 25.2 Å². The van der Waals surface area contributed by atoms with E-state index in [0.29, 0.717) is 11.1 Å². The van der Waals surface area contributed by atoms with Crippen LogP contribution in [0.25, 0.3) is 5.69 Å². The Hall–Kier alpha value is -3.72. The molecule has 33 heavy (non-hydrogen) atoms. The Morgan fingerprint density at radius 2 is 1.73 bits per heavy atom. The summed E-state index contributed by atoms with van der Waals surface area (Å²) in [5.74, 6) is -0.677. The lowest BCUT2D eigenvalue weighted by Crippen LogP contribution is -2.22. The maximum absolute atomic E-state index is 12.7. The van der Waals surface area contributed by atoms with Gasteiger partial charge < -0.3 is 9.30 Å². The van der Waals surface area contributed by atoms with Crippen molar-refractivity contribution in [2.24, 2.45) is 4.99 Å². The molecule has 2 aromatic carbocycles. The number of hydrogen-bond acceptors (Lipinski definition) is 6. The van der Waals surface area contributed by atoms with Crippen molar-refractivity contribution in [3.8, 4) is 5.69 Å². The van der Waals surface area contributed by atoms with E-state index >= 15 is 0 Å². The van der Waals surface area contributed by atoms with Crippen LogP contribution >= 0.6 is 0 Å². The molecule has 1 N–H and O–H groups in total. The maximum atomic E-state index is 12.7. The Balaban J connectivity index is 1.35. The molecule has 0 fully saturated rings. The minimum absolute atomic E-state index is 0.0295. The predicted molar refractivity (Wildman–Crippen MR) is 123 cm³/mol. The first kappa shape index (κ1) is 22.5. The highest BCUT2D eigenvalue weighted by Crippen LogP contribution is 2.23. The van der Waals surface area contributed by atoms with Crippen LogP contribution in [0.5, 0.6) is 0 Å². The van der Waals surface area contributed by atoms with Crippen molar-refractivity contribution >= 4 is 27.6 Å². The van der Waals surface area contributed by atoms with E-state index < -0.39 is 16.0 Å². The number of sulfonamides is 1. The van der Waals surface area contributed by atoms with E-state index in [1.54, 1.807) is 24.3 Å². The number of benzene rings is 2. The summed E-state index contributed by atoms with van der Waals surface area (Å²) in [7, 11) is -3.63. The van der Waals surface area contributed by atoms with Crippen LogP contribution in [0.2, 0.25) is 0 Å². The molecule has 1 aliphatic rings. The van der Waals surface area contributed by atoms with Crippen molar-refractivity contribution in [3.05, 3.63) is 83.2 Å². The number of aromatic nitrogens is 1. The van der Waals surface area contributed by atoms with Crippen molar-refractivity contribution in [1.82, 2.24) is 9.29 Å². The molecule has 0 spiro atoms. The summed E-state index contributed by atoms with van der Waals surface area (Å²) in [6, 6.07) is 18.0. The summed E-state index contributed by atoms with van der Waals surface area (Å²) < 4.78 is 33.7. The van der Waals surface area contributed by atoms with Gasteiger partial charge in [0.2, 0.25) is 5.78 Å². The molecule has 1 aliphatic heterocycles. The summed E-state index contributed by atoms with van der Waals surface area (Å²) in [6.07, 6.45) is -0.0797. The molecule has 0 amide bonds. The van der Waals surface area contributed by atoms with Crippen LogP contribution in [0.15, 0.2) is 70.6 Å². The van der Waals surface area contributed by atoms with E-state index in [9.17, 15) is 18.0 Å². The zero-order chi connectivity index (χ0) is 23.6. The first-order chi connectivity index (χ1) is 15.8. The number of carbonyl (C=O) groups is 2. The van der Waals surface area contributed by atoms with Gasteiger partial charge in [-0.3, -0.25) is 19.3 Å². The standard InChI is InChI=1S/C24H23N3O5S/c1-16-14-20(17(2)27(16)18-8-4-3-5-9-18)21(28)15-32-23(29)12-13-25-24-19-10-6-7-11-22(19)33(30,31)26-24/h3-11,14H,12-13,15H2,1-2H3,(H,25,26). The van der Waals surface area contributed by atoms with E-state index in [2.05, 4.69) is 9.71 Å².